The van der Waals surface area contributed by atoms with Gasteiger partial charge in [-0.25, -0.2) is 0 Å². The third-order valence-electron chi connectivity index (χ3n) is 3.92. The maximum absolute atomic E-state index is 6.45. The molecule has 0 saturated carbocycles. The average molecular weight is 297 g/mol. The zero-order chi connectivity index (χ0) is 14.5. The first-order chi connectivity index (χ1) is 9.65. The maximum Gasteiger partial charge on any atom is 0.0748 e. The predicted octanol–water partition coefficient (Wildman–Crippen LogP) is 3.63. The Labute approximate surface area is 127 Å². The van der Waals surface area contributed by atoms with E-state index in [9.17, 15) is 0 Å². The molecule has 1 aromatic carbocycles. The summed E-state index contributed by atoms with van der Waals surface area (Å²) in [7, 11) is 0. The van der Waals surface area contributed by atoms with Crippen LogP contribution in [0.5, 0.6) is 0 Å². The highest BCUT2D eigenvalue weighted by molar-refractivity contribution is 6.31. The van der Waals surface area contributed by atoms with Gasteiger partial charge in [0.1, 0.15) is 0 Å². The van der Waals surface area contributed by atoms with Crippen molar-refractivity contribution in [3.05, 3.63) is 28.8 Å². The highest BCUT2D eigenvalue weighted by Gasteiger charge is 2.20. The van der Waals surface area contributed by atoms with Crippen LogP contribution in [-0.2, 0) is 4.74 Å². The first kappa shape index (κ1) is 15.6. The van der Waals surface area contributed by atoms with Crippen LogP contribution in [0.15, 0.2) is 18.2 Å². The third kappa shape index (κ3) is 3.66. The van der Waals surface area contributed by atoms with Crippen LogP contribution in [-0.4, -0.2) is 32.3 Å². The van der Waals surface area contributed by atoms with Crippen molar-refractivity contribution in [1.82, 2.24) is 5.32 Å². The van der Waals surface area contributed by atoms with E-state index in [2.05, 4.69) is 49.2 Å². The fourth-order valence-electron chi connectivity index (χ4n) is 2.68. The summed E-state index contributed by atoms with van der Waals surface area (Å²) in [6.45, 7) is 10.1. The van der Waals surface area contributed by atoms with Crippen molar-refractivity contribution in [2.45, 2.75) is 39.3 Å². The van der Waals surface area contributed by atoms with Crippen LogP contribution in [0, 0.1) is 0 Å². The molecule has 3 nitrogen and oxygen atoms in total. The topological polar surface area (TPSA) is 24.5 Å². The highest BCUT2D eigenvalue weighted by atomic mass is 35.5. The quantitative estimate of drug-likeness (QED) is 0.898. The minimum atomic E-state index is 0.287. The van der Waals surface area contributed by atoms with E-state index in [1.165, 1.54) is 5.69 Å². The van der Waals surface area contributed by atoms with Crippen molar-refractivity contribution in [3.63, 3.8) is 0 Å². The Bertz CT molecular complexity index is 438. The third-order valence-corrected chi connectivity index (χ3v) is 4.25. The molecule has 1 aliphatic heterocycles. The Balaban J connectivity index is 2.12. The summed E-state index contributed by atoms with van der Waals surface area (Å²) in [4.78, 5) is 2.37. The van der Waals surface area contributed by atoms with E-state index >= 15 is 0 Å². The number of halogens is 1. The summed E-state index contributed by atoms with van der Waals surface area (Å²) in [5.41, 5.74) is 2.36. The van der Waals surface area contributed by atoms with Crippen molar-refractivity contribution in [1.29, 1.82) is 0 Å². The van der Waals surface area contributed by atoms with E-state index in [0.29, 0.717) is 6.10 Å². The van der Waals surface area contributed by atoms with Crippen LogP contribution in [0.2, 0.25) is 5.02 Å². The second kappa shape index (κ2) is 7.30. The molecule has 0 radical (unpaired) electrons. The molecule has 2 unspecified atom stereocenters. The standard InChI is InChI=1S/C16H25ClN2O/c1-4-14-11-19(8-9-20-14)13-6-7-15(16(17)10-13)12(3)18-5-2/h6-7,10,12,14,18H,4-5,8-9,11H2,1-3H3. The molecule has 20 heavy (non-hydrogen) atoms. The van der Waals surface area contributed by atoms with Gasteiger partial charge in [0.2, 0.25) is 0 Å². The van der Waals surface area contributed by atoms with Crippen LogP contribution in [0.3, 0.4) is 0 Å². The molecule has 1 N–H and O–H groups in total. The van der Waals surface area contributed by atoms with E-state index in [1.807, 2.05) is 0 Å². The Morgan fingerprint density at radius 1 is 1.45 bits per heavy atom. The summed E-state index contributed by atoms with van der Waals surface area (Å²) in [6, 6.07) is 6.69. The van der Waals surface area contributed by atoms with E-state index in [1.54, 1.807) is 0 Å². The van der Waals surface area contributed by atoms with Gasteiger partial charge < -0.3 is 15.0 Å². The van der Waals surface area contributed by atoms with E-state index in [4.69, 9.17) is 16.3 Å². The lowest BCUT2D eigenvalue weighted by molar-refractivity contribution is 0.0384. The van der Waals surface area contributed by atoms with Gasteiger partial charge in [-0.2, -0.15) is 0 Å². The number of morpholine rings is 1. The van der Waals surface area contributed by atoms with Crippen molar-refractivity contribution in [2.24, 2.45) is 0 Å². The van der Waals surface area contributed by atoms with E-state index in [0.717, 1.165) is 43.2 Å². The summed E-state index contributed by atoms with van der Waals surface area (Å²) in [5.74, 6) is 0. The SMILES string of the molecule is CCNC(C)c1ccc(N2CCOC(CC)C2)cc1Cl. The van der Waals surface area contributed by atoms with Gasteiger partial charge in [0.05, 0.1) is 12.7 Å². The molecule has 2 rings (SSSR count). The summed E-state index contributed by atoms with van der Waals surface area (Å²) >= 11 is 6.45. The van der Waals surface area contributed by atoms with Gasteiger partial charge in [-0.1, -0.05) is 31.5 Å². The van der Waals surface area contributed by atoms with Gasteiger partial charge in [0.15, 0.2) is 0 Å². The van der Waals surface area contributed by atoms with E-state index < -0.39 is 0 Å². The molecule has 1 saturated heterocycles. The Kier molecular flexibility index (Phi) is 5.70. The molecular formula is C16H25ClN2O. The van der Waals surface area contributed by atoms with Crippen molar-refractivity contribution in [3.8, 4) is 0 Å². The monoisotopic (exact) mass is 296 g/mol. The number of nitrogens with zero attached hydrogens (tertiary/aromatic N) is 1. The number of ether oxygens (including phenoxy) is 1. The number of hydrogen-bond acceptors (Lipinski definition) is 3. The van der Waals surface area contributed by atoms with Gasteiger partial charge in [-0.3, -0.25) is 0 Å². The zero-order valence-corrected chi connectivity index (χ0v) is 13.4. The molecule has 0 spiro atoms. The molecular weight excluding hydrogens is 272 g/mol. The molecule has 1 aromatic rings. The number of benzene rings is 1. The number of hydrogen-bond donors (Lipinski definition) is 1. The maximum atomic E-state index is 6.45. The molecule has 1 fully saturated rings. The molecule has 0 aliphatic carbocycles. The second-order valence-electron chi connectivity index (χ2n) is 5.33. The molecule has 0 bridgehead atoms. The fraction of sp³-hybridized carbons (Fsp3) is 0.625. The van der Waals surface area contributed by atoms with Crippen molar-refractivity contribution < 1.29 is 4.74 Å². The first-order valence-corrected chi connectivity index (χ1v) is 7.92. The fourth-order valence-corrected chi connectivity index (χ4v) is 3.02. The van der Waals surface area contributed by atoms with Gasteiger partial charge in [0, 0.05) is 29.8 Å². The van der Waals surface area contributed by atoms with Crippen LogP contribution in [0.1, 0.15) is 38.8 Å². The molecule has 0 aromatic heterocycles. The molecule has 0 amide bonds. The molecule has 2 atom stereocenters. The largest absolute Gasteiger partial charge is 0.375 e. The second-order valence-corrected chi connectivity index (χ2v) is 5.74. The van der Waals surface area contributed by atoms with Crippen molar-refractivity contribution in [2.75, 3.05) is 31.1 Å². The predicted molar refractivity (Wildman–Crippen MR) is 85.8 cm³/mol. The van der Waals surface area contributed by atoms with Crippen LogP contribution in [0.4, 0.5) is 5.69 Å². The minimum absolute atomic E-state index is 0.287. The number of anilines is 1. The summed E-state index contributed by atoms with van der Waals surface area (Å²) in [6.07, 6.45) is 1.39. The van der Waals surface area contributed by atoms with E-state index in [-0.39, 0.29) is 6.04 Å². The Morgan fingerprint density at radius 2 is 2.25 bits per heavy atom. The molecule has 112 valence electrons. The Morgan fingerprint density at radius 3 is 2.90 bits per heavy atom. The lowest BCUT2D eigenvalue weighted by atomic mass is 10.1. The smallest absolute Gasteiger partial charge is 0.0748 e. The lowest BCUT2D eigenvalue weighted by Crippen LogP contribution is -2.42. The normalized spacial score (nSPS) is 21.0. The molecule has 1 aliphatic rings. The van der Waals surface area contributed by atoms with Gasteiger partial charge in [-0.05, 0) is 37.6 Å². The van der Waals surface area contributed by atoms with Crippen LogP contribution in [0.25, 0.3) is 0 Å². The zero-order valence-electron chi connectivity index (χ0n) is 12.7. The van der Waals surface area contributed by atoms with Gasteiger partial charge >= 0.3 is 0 Å². The number of rotatable bonds is 5. The minimum Gasteiger partial charge on any atom is -0.375 e. The average Bonchev–Trinajstić information content (AvgIpc) is 2.47. The van der Waals surface area contributed by atoms with Crippen molar-refractivity contribution >= 4 is 17.3 Å². The lowest BCUT2D eigenvalue weighted by Gasteiger charge is -2.34. The molecule has 4 heteroatoms. The van der Waals surface area contributed by atoms with Gasteiger partial charge in [0.25, 0.3) is 0 Å². The molecule has 1 heterocycles. The van der Waals surface area contributed by atoms with Crippen LogP contribution < -0.4 is 10.2 Å². The number of nitrogens with one attached hydrogen (secondary N) is 1. The van der Waals surface area contributed by atoms with Crippen LogP contribution >= 0.6 is 11.6 Å². The summed E-state index contributed by atoms with van der Waals surface area (Å²) in [5, 5.41) is 4.24. The highest BCUT2D eigenvalue weighted by Crippen LogP contribution is 2.29. The first-order valence-electron chi connectivity index (χ1n) is 7.55. The summed E-state index contributed by atoms with van der Waals surface area (Å²) < 4.78 is 5.72. The Hall–Kier alpha value is -0.770. The van der Waals surface area contributed by atoms with Gasteiger partial charge in [-0.15, -0.1) is 0 Å².